The number of carbonyl (C=O) groups is 1. The predicted molar refractivity (Wildman–Crippen MR) is 96.1 cm³/mol. The molecule has 9 heteroatoms. The smallest absolute Gasteiger partial charge is 0.270 e. The Kier molecular flexibility index (Phi) is 3.29. The molecule has 2 heterocycles. The van der Waals surface area contributed by atoms with Crippen molar-refractivity contribution in [1.29, 1.82) is 0 Å². The number of hydrogen-bond acceptors (Lipinski definition) is 3. The van der Waals surface area contributed by atoms with E-state index in [1.165, 1.54) is 0 Å². The molecule has 0 aliphatic heterocycles. The minimum Gasteiger partial charge on any atom is -0.335 e. The van der Waals surface area contributed by atoms with E-state index in [1.807, 2.05) is 0 Å². The summed E-state index contributed by atoms with van der Waals surface area (Å²) in [5.41, 5.74) is 15.1. The standard InChI is InChI=1S/C17H14N8O/c18-14(19)7-1-3-9-11(5-7)24-16(22-9)13(26)17-23-10-4-2-8(15(20)21)6-12(10)25-17/h1-6H,(H3,18,19)(H3,20,21)(H,22,24)(H,23,25)/p+2. The molecule has 4 aromatic rings. The zero-order valence-electron chi connectivity index (χ0n) is 13.6. The van der Waals surface area contributed by atoms with Gasteiger partial charge in [0.2, 0.25) is 0 Å². The fraction of sp³-hybridized carbons (Fsp3) is 0. The number of carbonyl (C=O) groups excluding carboxylic acids is 1. The van der Waals surface area contributed by atoms with Gasteiger partial charge in [0.15, 0.2) is 11.6 Å². The van der Waals surface area contributed by atoms with Gasteiger partial charge in [-0.2, -0.15) is 0 Å². The third kappa shape index (κ3) is 2.47. The SMILES string of the molecule is NC(=[NH2+])c1ccc2nc(C(=O)c3nc4ccc(C(N)=[NH2+])cc4[nH]3)[nH]c2c1. The highest BCUT2D eigenvalue weighted by atomic mass is 16.1. The van der Waals surface area contributed by atoms with Gasteiger partial charge in [-0.3, -0.25) is 27.1 Å². The summed E-state index contributed by atoms with van der Waals surface area (Å²) in [4.78, 5) is 27.3. The Morgan fingerprint density at radius 3 is 1.62 bits per heavy atom. The van der Waals surface area contributed by atoms with Crippen molar-refractivity contribution in [3.8, 4) is 0 Å². The maximum Gasteiger partial charge on any atom is 0.270 e. The molecule has 0 saturated carbocycles. The Hall–Kier alpha value is -4.01. The highest BCUT2D eigenvalue weighted by Gasteiger charge is 2.19. The number of imidazole rings is 2. The quantitative estimate of drug-likeness (QED) is 0.136. The first-order valence-electron chi connectivity index (χ1n) is 7.73. The molecule has 10 N–H and O–H groups in total. The first kappa shape index (κ1) is 15.5. The van der Waals surface area contributed by atoms with Crippen LogP contribution in [0, 0.1) is 0 Å². The van der Waals surface area contributed by atoms with Crippen LogP contribution in [0.15, 0.2) is 36.4 Å². The molecule has 2 aromatic heterocycles. The summed E-state index contributed by atoms with van der Waals surface area (Å²) in [6.45, 7) is 0. The van der Waals surface area contributed by atoms with Crippen LogP contribution in [0.25, 0.3) is 22.1 Å². The fourth-order valence-corrected chi connectivity index (χ4v) is 2.71. The van der Waals surface area contributed by atoms with Gasteiger partial charge < -0.3 is 9.97 Å². The molecule has 2 aromatic carbocycles. The second-order valence-electron chi connectivity index (χ2n) is 5.87. The van der Waals surface area contributed by atoms with Crippen molar-refractivity contribution in [3.05, 3.63) is 59.2 Å². The maximum atomic E-state index is 12.7. The topological polar surface area (TPSA) is 178 Å². The van der Waals surface area contributed by atoms with Gasteiger partial charge in [0, 0.05) is 0 Å². The summed E-state index contributed by atoms with van der Waals surface area (Å²) in [7, 11) is 0. The molecule has 4 rings (SSSR count). The molecule has 0 atom stereocenters. The number of benzene rings is 2. The Balaban J connectivity index is 1.75. The number of amidine groups is 2. The lowest BCUT2D eigenvalue weighted by Crippen LogP contribution is -2.46. The van der Waals surface area contributed by atoms with Gasteiger partial charge in [0.25, 0.3) is 17.5 Å². The van der Waals surface area contributed by atoms with E-state index in [2.05, 4.69) is 19.9 Å². The van der Waals surface area contributed by atoms with Crippen molar-refractivity contribution in [2.45, 2.75) is 0 Å². The molecule has 0 unspecified atom stereocenters. The van der Waals surface area contributed by atoms with Crippen LogP contribution < -0.4 is 22.3 Å². The minimum atomic E-state index is -0.366. The number of aromatic nitrogens is 4. The van der Waals surface area contributed by atoms with E-state index in [0.29, 0.717) is 33.2 Å². The van der Waals surface area contributed by atoms with Crippen molar-refractivity contribution in [1.82, 2.24) is 19.9 Å². The van der Waals surface area contributed by atoms with Gasteiger partial charge in [-0.05, 0) is 36.4 Å². The summed E-state index contributed by atoms with van der Waals surface area (Å²) in [5, 5.41) is 11.2. The van der Waals surface area contributed by atoms with Gasteiger partial charge in [-0.1, -0.05) is 0 Å². The Morgan fingerprint density at radius 1 is 0.808 bits per heavy atom. The van der Waals surface area contributed by atoms with Crippen LogP contribution in [-0.4, -0.2) is 37.4 Å². The number of ketones is 1. The van der Waals surface area contributed by atoms with E-state index in [1.54, 1.807) is 36.4 Å². The van der Waals surface area contributed by atoms with Crippen LogP contribution in [0.1, 0.15) is 27.6 Å². The largest absolute Gasteiger partial charge is 0.335 e. The van der Waals surface area contributed by atoms with Gasteiger partial charge >= 0.3 is 0 Å². The number of nitrogens with two attached hydrogens (primary N) is 4. The Morgan fingerprint density at radius 2 is 1.23 bits per heavy atom. The van der Waals surface area contributed by atoms with Crippen LogP contribution in [0.3, 0.4) is 0 Å². The van der Waals surface area contributed by atoms with Crippen molar-refractivity contribution in [2.24, 2.45) is 11.5 Å². The molecular formula is C17H16N8O+2. The molecule has 0 fully saturated rings. The average molecular weight is 348 g/mol. The van der Waals surface area contributed by atoms with E-state index in [0.717, 1.165) is 0 Å². The van der Waals surface area contributed by atoms with Crippen LogP contribution in [0.4, 0.5) is 0 Å². The monoisotopic (exact) mass is 348 g/mol. The number of hydrogen-bond donors (Lipinski definition) is 6. The maximum absolute atomic E-state index is 12.7. The van der Waals surface area contributed by atoms with Gasteiger partial charge in [-0.15, -0.1) is 0 Å². The second-order valence-corrected chi connectivity index (χ2v) is 5.87. The summed E-state index contributed by atoms with van der Waals surface area (Å²) < 4.78 is 0. The lowest BCUT2D eigenvalue weighted by Gasteiger charge is -1.92. The third-order valence-corrected chi connectivity index (χ3v) is 4.06. The van der Waals surface area contributed by atoms with Crippen LogP contribution >= 0.6 is 0 Å². The molecule has 9 nitrogen and oxygen atoms in total. The molecular weight excluding hydrogens is 332 g/mol. The van der Waals surface area contributed by atoms with Crippen molar-refractivity contribution in [3.63, 3.8) is 0 Å². The number of nitrogens with zero attached hydrogens (tertiary/aromatic N) is 2. The van der Waals surface area contributed by atoms with Crippen molar-refractivity contribution < 1.29 is 15.6 Å². The number of nitrogens with one attached hydrogen (secondary N) is 2. The van der Waals surface area contributed by atoms with Crippen molar-refractivity contribution in [2.75, 3.05) is 0 Å². The van der Waals surface area contributed by atoms with E-state index in [4.69, 9.17) is 22.3 Å². The van der Waals surface area contributed by atoms with Gasteiger partial charge in [-0.25, -0.2) is 9.97 Å². The van der Waals surface area contributed by atoms with Gasteiger partial charge in [0.1, 0.15) is 0 Å². The molecule has 0 bridgehead atoms. The lowest BCUT2D eigenvalue weighted by molar-refractivity contribution is -0.115. The normalized spacial score (nSPS) is 11.1. The van der Waals surface area contributed by atoms with Crippen molar-refractivity contribution >= 4 is 39.5 Å². The Bertz CT molecular complexity index is 1120. The molecule has 26 heavy (non-hydrogen) atoms. The fourth-order valence-electron chi connectivity index (χ4n) is 2.71. The van der Waals surface area contributed by atoms with E-state index in [9.17, 15) is 4.79 Å². The number of fused-ring (bicyclic) bond motifs is 2. The lowest BCUT2D eigenvalue weighted by atomic mass is 10.2. The summed E-state index contributed by atoms with van der Waals surface area (Å²) >= 11 is 0. The number of rotatable bonds is 4. The highest BCUT2D eigenvalue weighted by Crippen LogP contribution is 2.17. The molecule has 0 aliphatic carbocycles. The Labute approximate surface area is 146 Å². The first-order valence-corrected chi connectivity index (χ1v) is 7.73. The minimum absolute atomic E-state index is 0.164. The molecule has 128 valence electrons. The van der Waals surface area contributed by atoms with E-state index in [-0.39, 0.29) is 29.1 Å². The average Bonchev–Trinajstić information content (AvgIpc) is 3.23. The molecule has 0 aliphatic rings. The zero-order valence-corrected chi connectivity index (χ0v) is 13.6. The van der Waals surface area contributed by atoms with Crippen LogP contribution in [0.5, 0.6) is 0 Å². The first-order chi connectivity index (χ1) is 12.4. The number of H-pyrrole nitrogens is 2. The number of aromatic amines is 2. The predicted octanol–water partition coefficient (Wildman–Crippen LogP) is -2.40. The zero-order chi connectivity index (χ0) is 18.4. The van der Waals surface area contributed by atoms with Gasteiger partial charge in [0.05, 0.1) is 33.2 Å². The third-order valence-electron chi connectivity index (χ3n) is 4.06. The molecule has 0 amide bonds. The summed E-state index contributed by atoms with van der Waals surface area (Å²) in [5.74, 6) is 0.348. The summed E-state index contributed by atoms with van der Waals surface area (Å²) in [6.07, 6.45) is 0. The molecule has 0 spiro atoms. The second kappa shape index (κ2) is 5.52. The van der Waals surface area contributed by atoms with Crippen LogP contribution in [0.2, 0.25) is 0 Å². The highest BCUT2D eigenvalue weighted by molar-refractivity contribution is 6.07. The molecule has 0 saturated heterocycles. The van der Waals surface area contributed by atoms with E-state index >= 15 is 0 Å². The summed E-state index contributed by atoms with van der Waals surface area (Å²) in [6, 6.07) is 10.4. The van der Waals surface area contributed by atoms with E-state index < -0.39 is 0 Å². The molecule has 0 radical (unpaired) electrons. The van der Waals surface area contributed by atoms with Crippen LogP contribution in [-0.2, 0) is 0 Å².